The van der Waals surface area contributed by atoms with Crippen molar-refractivity contribution in [3.05, 3.63) is 82.6 Å². The second-order valence-corrected chi connectivity index (χ2v) is 19.1. The van der Waals surface area contributed by atoms with E-state index < -0.39 is 46.1 Å². The van der Waals surface area contributed by atoms with Crippen LogP contribution in [0.2, 0.25) is 0 Å². The van der Waals surface area contributed by atoms with Crippen LogP contribution in [0.3, 0.4) is 0 Å². The number of halogens is 1. The Morgan fingerprint density at radius 2 is 1.89 bits per heavy atom. The fourth-order valence-corrected chi connectivity index (χ4v) is 13.6. The molecule has 2 fully saturated rings. The van der Waals surface area contributed by atoms with Gasteiger partial charge in [0.25, 0.3) is 0 Å². The fourth-order valence-electron chi connectivity index (χ4n) is 13.4. The molecule has 1 aromatic heterocycles. The summed E-state index contributed by atoms with van der Waals surface area (Å²) < 4.78 is 24.2. The second kappa shape index (κ2) is 16.0. The number of methoxy groups -OCH3 is 2. The number of H-pyrrole nitrogens is 1. The summed E-state index contributed by atoms with van der Waals surface area (Å²) >= 11 is 3.32. The summed E-state index contributed by atoms with van der Waals surface area (Å²) in [5.41, 5.74) is 2.00. The van der Waals surface area contributed by atoms with Gasteiger partial charge >= 0.3 is 18.0 Å². The van der Waals surface area contributed by atoms with E-state index in [4.69, 9.17) is 18.9 Å². The van der Waals surface area contributed by atoms with Crippen LogP contribution in [-0.2, 0) is 41.1 Å². The van der Waals surface area contributed by atoms with Gasteiger partial charge in [-0.1, -0.05) is 71.8 Å². The van der Waals surface area contributed by atoms with Gasteiger partial charge in [-0.05, 0) is 67.8 Å². The lowest BCUT2D eigenvalue weighted by Gasteiger charge is -2.64. The van der Waals surface area contributed by atoms with Gasteiger partial charge in [0, 0.05) is 96.3 Å². The van der Waals surface area contributed by atoms with E-state index in [-0.39, 0.29) is 31.1 Å². The number of para-hydroxylation sites is 1. The molecule has 9 rings (SSSR count). The quantitative estimate of drug-likeness (QED) is 0.0991. The topological polar surface area (TPSA) is 146 Å². The van der Waals surface area contributed by atoms with Gasteiger partial charge in [-0.15, -0.1) is 0 Å². The van der Waals surface area contributed by atoms with Crippen LogP contribution < -0.4 is 15.0 Å². The highest BCUT2D eigenvalue weighted by Crippen LogP contribution is 2.68. The molecule has 1 saturated heterocycles. The molecule has 13 nitrogen and oxygen atoms in total. The Morgan fingerprint density at radius 1 is 1.08 bits per heavy atom. The summed E-state index contributed by atoms with van der Waals surface area (Å²) in [6.07, 6.45) is 8.27. The highest BCUT2D eigenvalue weighted by atomic mass is 79.9. The minimum atomic E-state index is -1.82. The third kappa shape index (κ3) is 6.13. The number of esters is 2. The number of amides is 1. The number of aromatic amines is 1. The molecule has 62 heavy (non-hydrogen) atoms. The van der Waals surface area contributed by atoms with E-state index in [1.165, 1.54) is 19.6 Å². The molecule has 1 spiro atoms. The largest absolute Gasteiger partial charge is 0.496 e. The molecule has 1 aliphatic carbocycles. The number of benzene rings is 2. The number of fused-ring (bicyclic) bond motifs is 6. The Balaban J connectivity index is 1.33. The first-order valence-corrected chi connectivity index (χ1v) is 23.3. The van der Waals surface area contributed by atoms with Crippen molar-refractivity contribution in [1.82, 2.24) is 20.1 Å². The summed E-state index contributed by atoms with van der Waals surface area (Å²) in [6.45, 7) is 9.54. The van der Waals surface area contributed by atoms with Crippen molar-refractivity contribution in [3.8, 4) is 5.75 Å². The van der Waals surface area contributed by atoms with Crippen LogP contribution in [0, 0.1) is 11.3 Å². The Hall–Kier alpha value is -4.37. The minimum Gasteiger partial charge on any atom is -0.496 e. The lowest BCUT2D eigenvalue weighted by atomic mass is 9.47. The van der Waals surface area contributed by atoms with E-state index in [0.29, 0.717) is 42.5 Å². The summed E-state index contributed by atoms with van der Waals surface area (Å²) in [6, 6.07) is 11.6. The number of hydrogen-bond donors (Lipinski definition) is 3. The zero-order valence-corrected chi connectivity index (χ0v) is 38.3. The van der Waals surface area contributed by atoms with Gasteiger partial charge in [0.2, 0.25) is 0 Å². The predicted octanol–water partition coefficient (Wildman–Crippen LogP) is 5.74. The number of aliphatic hydroxyl groups is 1. The third-order valence-corrected chi connectivity index (χ3v) is 15.8. The van der Waals surface area contributed by atoms with Gasteiger partial charge in [-0.3, -0.25) is 19.4 Å². The molecule has 5 aliphatic heterocycles. The number of carbonyl (C=O) groups is 3. The Kier molecular flexibility index (Phi) is 11.1. The van der Waals surface area contributed by atoms with Crippen LogP contribution >= 0.6 is 15.9 Å². The smallest absolute Gasteiger partial charge is 0.407 e. The molecule has 3 aromatic rings. The Bertz CT molecular complexity index is 2350. The lowest BCUT2D eigenvalue weighted by molar-refractivity contribution is -0.217. The van der Waals surface area contributed by atoms with Gasteiger partial charge in [0.1, 0.15) is 29.5 Å². The maximum absolute atomic E-state index is 15.4. The van der Waals surface area contributed by atoms with Crippen molar-refractivity contribution < 1.29 is 38.4 Å². The number of carbonyl (C=O) groups excluding carboxylic acids is 3. The van der Waals surface area contributed by atoms with E-state index in [9.17, 15) is 14.7 Å². The molecule has 6 aliphatic rings. The second-order valence-electron chi connectivity index (χ2n) is 18.3. The molecular formula is C48H60BrN5O8. The summed E-state index contributed by atoms with van der Waals surface area (Å²) in [5, 5.41) is 18.1. The molecular weight excluding hydrogens is 854 g/mol. The average Bonchev–Trinajstić information content (AvgIpc) is 3.94. The monoisotopic (exact) mass is 913 g/mol. The number of hydrogen-bond acceptors (Lipinski definition) is 11. The first-order chi connectivity index (χ1) is 29.9. The van der Waals surface area contributed by atoms with Crippen molar-refractivity contribution in [1.29, 1.82) is 0 Å². The maximum Gasteiger partial charge on any atom is 0.407 e. The minimum absolute atomic E-state index is 0.0273. The molecule has 3 N–H and O–H groups in total. The van der Waals surface area contributed by atoms with Gasteiger partial charge in [0.05, 0.1) is 26.8 Å². The number of ether oxygens (including phenoxy) is 4. The number of alkyl halides is 1. The molecule has 6 heterocycles. The van der Waals surface area contributed by atoms with E-state index in [2.05, 4.69) is 97.3 Å². The highest BCUT2D eigenvalue weighted by Gasteiger charge is 2.78. The fraction of sp³-hybridized carbons (Fsp3) is 0.562. The van der Waals surface area contributed by atoms with Crippen LogP contribution in [0.4, 0.5) is 10.5 Å². The summed E-state index contributed by atoms with van der Waals surface area (Å²) in [5.74, 6) is -0.326. The van der Waals surface area contributed by atoms with E-state index in [1.54, 1.807) is 7.11 Å². The van der Waals surface area contributed by atoms with Crippen LogP contribution in [0.25, 0.3) is 10.9 Å². The Morgan fingerprint density at radius 3 is 2.61 bits per heavy atom. The van der Waals surface area contributed by atoms with E-state index in [1.807, 2.05) is 19.2 Å². The van der Waals surface area contributed by atoms with Crippen LogP contribution in [0.1, 0.15) is 68.8 Å². The number of likely N-dealkylation sites (N-methyl/N-ethyl adjacent to an activating group) is 1. The molecule has 9 atom stereocenters. The molecule has 14 heteroatoms. The maximum atomic E-state index is 15.4. The zero-order valence-electron chi connectivity index (χ0n) is 36.7. The van der Waals surface area contributed by atoms with E-state index >= 15 is 4.79 Å². The molecule has 2 bridgehead atoms. The number of aromatic nitrogens is 1. The van der Waals surface area contributed by atoms with Gasteiger partial charge in [0.15, 0.2) is 0 Å². The number of nitrogens with one attached hydrogen (secondary N) is 2. The van der Waals surface area contributed by atoms with Crippen molar-refractivity contribution >= 4 is 50.6 Å². The third-order valence-electron chi connectivity index (χ3n) is 15.5. The molecule has 1 amide bonds. The molecule has 0 radical (unpaired) electrons. The van der Waals surface area contributed by atoms with Crippen LogP contribution in [0.15, 0.2) is 60.2 Å². The van der Waals surface area contributed by atoms with Gasteiger partial charge in [-0.25, -0.2) is 4.79 Å². The normalized spacial score (nSPS) is 33.2. The lowest BCUT2D eigenvalue weighted by Crippen LogP contribution is -2.81. The average molecular weight is 915 g/mol. The molecule has 1 saturated carbocycles. The van der Waals surface area contributed by atoms with Gasteiger partial charge in [-0.2, -0.15) is 0 Å². The number of rotatable bonds is 10. The SMILES string of the molecule is CCC1=C[C@@H]2CN(CCc3c([nH]c4ccccc34)[C@@](C(=O)OC)(c3cc4c(cc3OC)N(C)[C@H]3[C@](O)(CNC(=O)OCCBr)[C@H](OC(C)=O)[C@]5(CC)C=CCN6CC[C@]43[C@@H]65)C2)C1. The van der Waals surface area contributed by atoms with Crippen LogP contribution in [0.5, 0.6) is 5.75 Å². The zero-order chi connectivity index (χ0) is 43.8. The van der Waals surface area contributed by atoms with Crippen molar-refractivity contribution in [3.63, 3.8) is 0 Å². The summed E-state index contributed by atoms with van der Waals surface area (Å²) in [4.78, 5) is 52.7. The molecule has 332 valence electrons. The summed E-state index contributed by atoms with van der Waals surface area (Å²) in [7, 11) is 5.10. The van der Waals surface area contributed by atoms with Crippen LogP contribution in [-0.4, -0.2) is 134 Å². The predicted molar refractivity (Wildman–Crippen MR) is 240 cm³/mol. The van der Waals surface area contributed by atoms with Crippen molar-refractivity contribution in [2.75, 3.05) is 77.4 Å². The van der Waals surface area contributed by atoms with Crippen molar-refractivity contribution in [2.24, 2.45) is 11.3 Å². The standard InChI is InChI=1S/C48H60BrN5O8/c1-7-30-22-31-25-47(43(56)60-6,39-33(14-19-53(26-30)27-31)32-12-9-10-13-36(32)51-39)35-23-34-37(24-38(35)59-5)52(4)41-46(34)16-20-54-18-11-15-45(8-2,40(46)54)42(62-29(3)55)48(41,58)28-50-44(57)61-21-17-49/h9-13,15,22-24,31,40-42,51,58H,7-8,14,16-21,25-28H2,1-6H3,(H,50,57)/t31-,40-,41+,42+,45+,46+,47-,48+/m0/s1. The number of anilines is 1. The number of nitrogens with zero attached hydrogens (tertiary/aromatic N) is 3. The Labute approximate surface area is 372 Å². The van der Waals surface area contributed by atoms with Gasteiger partial charge < -0.3 is 39.3 Å². The highest BCUT2D eigenvalue weighted by molar-refractivity contribution is 9.09. The molecule has 1 unspecified atom stereocenters. The van der Waals surface area contributed by atoms with Crippen molar-refractivity contribution in [2.45, 2.75) is 87.5 Å². The first kappa shape index (κ1) is 42.9. The first-order valence-electron chi connectivity index (χ1n) is 22.2. The van der Waals surface area contributed by atoms with E-state index in [0.717, 1.165) is 72.4 Å². The molecule has 2 aromatic carbocycles. The number of alkyl carbamates (subject to hydrolysis) is 1.